The predicted octanol–water partition coefficient (Wildman–Crippen LogP) is 3.89. The average molecular weight is 263 g/mol. The number of hydrogen-bond acceptors (Lipinski definition) is 2. The van der Waals surface area contributed by atoms with E-state index in [2.05, 4.69) is 41.3 Å². The summed E-state index contributed by atoms with van der Waals surface area (Å²) in [6.07, 6.45) is 7.95. The number of aryl methyl sites for hydroxylation is 1. The Kier molecular flexibility index (Phi) is 3.59. The van der Waals surface area contributed by atoms with Gasteiger partial charge in [0.15, 0.2) is 0 Å². The molecule has 0 atom stereocenters. The predicted molar refractivity (Wildman–Crippen MR) is 80.8 cm³/mol. The first kappa shape index (κ1) is 12.6. The van der Waals surface area contributed by atoms with Gasteiger partial charge in [-0.2, -0.15) is 5.10 Å². The molecule has 0 aliphatic rings. The highest BCUT2D eigenvalue weighted by molar-refractivity contribution is 5.57. The van der Waals surface area contributed by atoms with Gasteiger partial charge < -0.3 is 0 Å². The first-order chi connectivity index (χ1) is 9.86. The summed E-state index contributed by atoms with van der Waals surface area (Å²) in [6.45, 7) is 2.19. The van der Waals surface area contributed by atoms with E-state index in [1.54, 1.807) is 6.20 Å². The second-order valence-corrected chi connectivity index (χ2v) is 4.81. The SMILES string of the molecule is CCCc1ccc(-n2cc(-c3ccccn3)cn2)cc1. The number of aromatic nitrogens is 3. The Balaban J connectivity index is 1.86. The van der Waals surface area contributed by atoms with Crippen molar-refractivity contribution in [3.63, 3.8) is 0 Å². The lowest BCUT2D eigenvalue weighted by atomic mass is 10.1. The summed E-state index contributed by atoms with van der Waals surface area (Å²) in [4.78, 5) is 4.34. The molecule has 2 heterocycles. The van der Waals surface area contributed by atoms with Gasteiger partial charge in [-0.05, 0) is 36.2 Å². The second kappa shape index (κ2) is 5.70. The largest absolute Gasteiger partial charge is 0.256 e. The second-order valence-electron chi connectivity index (χ2n) is 4.81. The van der Waals surface area contributed by atoms with Crippen molar-refractivity contribution in [2.75, 3.05) is 0 Å². The summed E-state index contributed by atoms with van der Waals surface area (Å²) in [6, 6.07) is 14.5. The monoisotopic (exact) mass is 263 g/mol. The van der Waals surface area contributed by atoms with Crippen molar-refractivity contribution in [1.82, 2.24) is 14.8 Å². The number of hydrogen-bond donors (Lipinski definition) is 0. The quantitative estimate of drug-likeness (QED) is 0.715. The van der Waals surface area contributed by atoms with Crippen LogP contribution in [0.25, 0.3) is 16.9 Å². The van der Waals surface area contributed by atoms with E-state index in [-0.39, 0.29) is 0 Å². The van der Waals surface area contributed by atoms with Gasteiger partial charge in [0, 0.05) is 18.0 Å². The molecule has 0 N–H and O–H groups in total. The minimum atomic E-state index is 0.946. The van der Waals surface area contributed by atoms with Crippen molar-refractivity contribution in [3.05, 3.63) is 66.6 Å². The topological polar surface area (TPSA) is 30.7 Å². The lowest BCUT2D eigenvalue weighted by Gasteiger charge is -2.03. The molecule has 20 heavy (non-hydrogen) atoms. The normalized spacial score (nSPS) is 10.7. The third kappa shape index (κ3) is 2.62. The smallest absolute Gasteiger partial charge is 0.0733 e. The average Bonchev–Trinajstić information content (AvgIpc) is 2.99. The first-order valence-corrected chi connectivity index (χ1v) is 6.92. The van der Waals surface area contributed by atoms with Crippen LogP contribution in [-0.2, 0) is 6.42 Å². The van der Waals surface area contributed by atoms with E-state index in [0.717, 1.165) is 23.4 Å². The molecule has 0 spiro atoms. The maximum atomic E-state index is 4.42. The molecule has 3 aromatic rings. The molecule has 2 aromatic heterocycles. The van der Waals surface area contributed by atoms with Gasteiger partial charge in [-0.25, -0.2) is 4.68 Å². The fourth-order valence-electron chi connectivity index (χ4n) is 2.23. The third-order valence-corrected chi connectivity index (χ3v) is 3.28. The molecule has 0 amide bonds. The fraction of sp³-hybridized carbons (Fsp3) is 0.176. The Labute approximate surface area is 118 Å². The molecular formula is C17H17N3. The van der Waals surface area contributed by atoms with E-state index < -0.39 is 0 Å². The van der Waals surface area contributed by atoms with Crippen LogP contribution in [0.15, 0.2) is 61.1 Å². The van der Waals surface area contributed by atoms with Gasteiger partial charge in [0.25, 0.3) is 0 Å². The Bertz CT molecular complexity index is 669. The van der Waals surface area contributed by atoms with Crippen LogP contribution in [-0.4, -0.2) is 14.8 Å². The Morgan fingerprint density at radius 3 is 2.60 bits per heavy atom. The lowest BCUT2D eigenvalue weighted by Crippen LogP contribution is -1.94. The summed E-state index contributed by atoms with van der Waals surface area (Å²) in [5.74, 6) is 0. The summed E-state index contributed by atoms with van der Waals surface area (Å²) in [7, 11) is 0. The van der Waals surface area contributed by atoms with E-state index >= 15 is 0 Å². The summed E-state index contributed by atoms with van der Waals surface area (Å²) in [5, 5.41) is 4.42. The molecule has 0 aliphatic heterocycles. The van der Waals surface area contributed by atoms with Gasteiger partial charge in [-0.1, -0.05) is 31.5 Å². The van der Waals surface area contributed by atoms with Gasteiger partial charge in [0.2, 0.25) is 0 Å². The summed E-state index contributed by atoms with van der Waals surface area (Å²) < 4.78 is 1.89. The molecule has 0 bridgehead atoms. The van der Waals surface area contributed by atoms with Crippen molar-refractivity contribution in [2.24, 2.45) is 0 Å². The number of nitrogens with zero attached hydrogens (tertiary/aromatic N) is 3. The molecule has 0 saturated carbocycles. The fourth-order valence-corrected chi connectivity index (χ4v) is 2.23. The van der Waals surface area contributed by atoms with Crippen molar-refractivity contribution in [3.8, 4) is 16.9 Å². The van der Waals surface area contributed by atoms with Crippen molar-refractivity contribution < 1.29 is 0 Å². The Hall–Kier alpha value is -2.42. The highest BCUT2D eigenvalue weighted by atomic mass is 15.3. The zero-order chi connectivity index (χ0) is 13.8. The van der Waals surface area contributed by atoms with Crippen LogP contribution in [0.5, 0.6) is 0 Å². The molecule has 0 fully saturated rings. The van der Waals surface area contributed by atoms with E-state index in [1.807, 2.05) is 35.3 Å². The lowest BCUT2D eigenvalue weighted by molar-refractivity contribution is 0.874. The molecular weight excluding hydrogens is 246 g/mol. The third-order valence-electron chi connectivity index (χ3n) is 3.28. The molecule has 3 rings (SSSR count). The number of pyridine rings is 1. The molecule has 3 heteroatoms. The van der Waals surface area contributed by atoms with Crippen LogP contribution in [0.4, 0.5) is 0 Å². The van der Waals surface area contributed by atoms with Crippen LogP contribution in [0.2, 0.25) is 0 Å². The van der Waals surface area contributed by atoms with E-state index in [0.29, 0.717) is 0 Å². The van der Waals surface area contributed by atoms with Gasteiger partial charge in [0.05, 0.1) is 17.6 Å². The zero-order valence-electron chi connectivity index (χ0n) is 11.5. The van der Waals surface area contributed by atoms with Crippen molar-refractivity contribution >= 4 is 0 Å². The van der Waals surface area contributed by atoms with Gasteiger partial charge in [-0.15, -0.1) is 0 Å². The van der Waals surface area contributed by atoms with Crippen LogP contribution in [0.1, 0.15) is 18.9 Å². The van der Waals surface area contributed by atoms with E-state index in [1.165, 1.54) is 12.0 Å². The summed E-state index contributed by atoms with van der Waals surface area (Å²) in [5.41, 5.74) is 4.42. The molecule has 0 saturated heterocycles. The van der Waals surface area contributed by atoms with Crippen LogP contribution >= 0.6 is 0 Å². The zero-order valence-corrected chi connectivity index (χ0v) is 11.5. The minimum absolute atomic E-state index is 0.946. The van der Waals surface area contributed by atoms with Crippen molar-refractivity contribution in [1.29, 1.82) is 0 Å². The Morgan fingerprint density at radius 1 is 1.05 bits per heavy atom. The molecule has 1 aromatic carbocycles. The van der Waals surface area contributed by atoms with Gasteiger partial charge >= 0.3 is 0 Å². The minimum Gasteiger partial charge on any atom is -0.256 e. The number of benzene rings is 1. The molecule has 0 unspecified atom stereocenters. The molecule has 100 valence electrons. The van der Waals surface area contributed by atoms with Gasteiger partial charge in [-0.3, -0.25) is 4.98 Å². The van der Waals surface area contributed by atoms with E-state index in [4.69, 9.17) is 0 Å². The maximum Gasteiger partial charge on any atom is 0.0733 e. The van der Waals surface area contributed by atoms with Crippen LogP contribution in [0, 0.1) is 0 Å². The van der Waals surface area contributed by atoms with Crippen LogP contribution in [0.3, 0.4) is 0 Å². The number of rotatable bonds is 4. The highest BCUT2D eigenvalue weighted by Gasteiger charge is 2.04. The molecule has 0 radical (unpaired) electrons. The van der Waals surface area contributed by atoms with Crippen LogP contribution < -0.4 is 0 Å². The van der Waals surface area contributed by atoms with E-state index in [9.17, 15) is 0 Å². The first-order valence-electron chi connectivity index (χ1n) is 6.92. The van der Waals surface area contributed by atoms with Crippen molar-refractivity contribution in [2.45, 2.75) is 19.8 Å². The standard InChI is InChI=1S/C17H17N3/c1-2-5-14-7-9-16(10-8-14)20-13-15(12-19-20)17-6-3-4-11-18-17/h3-4,6-13H,2,5H2,1H3. The molecule has 3 nitrogen and oxygen atoms in total. The maximum absolute atomic E-state index is 4.42. The highest BCUT2D eigenvalue weighted by Crippen LogP contribution is 2.18. The molecule has 0 aliphatic carbocycles. The van der Waals surface area contributed by atoms with Gasteiger partial charge in [0.1, 0.15) is 0 Å². The summed E-state index contributed by atoms with van der Waals surface area (Å²) >= 11 is 0. The Morgan fingerprint density at radius 2 is 1.90 bits per heavy atom.